The number of benzene rings is 1. The molecule has 0 bridgehead atoms. The minimum Gasteiger partial charge on any atom is -0.365 e. The summed E-state index contributed by atoms with van der Waals surface area (Å²) in [4.78, 5) is 14.6. The van der Waals surface area contributed by atoms with Gasteiger partial charge < -0.3 is 10.3 Å². The highest BCUT2D eigenvalue weighted by Crippen LogP contribution is 2.15. The molecule has 2 aromatic rings. The van der Waals surface area contributed by atoms with Crippen LogP contribution < -0.4 is 5.32 Å². The normalized spacial score (nSPS) is 10.1. The average Bonchev–Trinajstić information content (AvgIpc) is 2.70. The van der Waals surface area contributed by atoms with Crippen molar-refractivity contribution in [1.82, 2.24) is 4.98 Å². The molecule has 16 heavy (non-hydrogen) atoms. The summed E-state index contributed by atoms with van der Waals surface area (Å²) in [6.45, 7) is 0. The summed E-state index contributed by atoms with van der Waals surface area (Å²) in [6.07, 6.45) is 2.17. The highest BCUT2D eigenvalue weighted by Gasteiger charge is 2.04. The predicted octanol–water partition coefficient (Wildman–Crippen LogP) is 2.96. The lowest BCUT2D eigenvalue weighted by Gasteiger charge is -2.04. The van der Waals surface area contributed by atoms with E-state index in [1.807, 2.05) is 42.6 Å². The molecular weight excluding hydrogens is 268 g/mol. The summed E-state index contributed by atoms with van der Waals surface area (Å²) in [5.41, 5.74) is 1.71. The van der Waals surface area contributed by atoms with E-state index in [-0.39, 0.29) is 5.91 Å². The van der Waals surface area contributed by atoms with Crippen LogP contribution >= 0.6 is 15.9 Å². The number of halogens is 1. The SMILES string of the molecule is O=C(Cc1ccc[nH]1)Nc1cccc(Br)c1. The first-order chi connectivity index (χ1) is 7.74. The first kappa shape index (κ1) is 11.0. The minimum absolute atomic E-state index is 0.0273. The molecule has 0 atom stereocenters. The van der Waals surface area contributed by atoms with Gasteiger partial charge in [0.05, 0.1) is 6.42 Å². The van der Waals surface area contributed by atoms with Gasteiger partial charge in [-0.15, -0.1) is 0 Å². The number of rotatable bonds is 3. The fourth-order valence-corrected chi connectivity index (χ4v) is 1.82. The Morgan fingerprint density at radius 1 is 1.31 bits per heavy atom. The molecule has 0 unspecified atom stereocenters. The van der Waals surface area contributed by atoms with Crippen molar-refractivity contribution in [3.05, 3.63) is 52.8 Å². The molecule has 0 fully saturated rings. The summed E-state index contributed by atoms with van der Waals surface area (Å²) in [5, 5.41) is 2.83. The van der Waals surface area contributed by atoms with Crippen LogP contribution in [-0.4, -0.2) is 10.9 Å². The van der Waals surface area contributed by atoms with Crippen molar-refractivity contribution in [3.8, 4) is 0 Å². The quantitative estimate of drug-likeness (QED) is 0.891. The van der Waals surface area contributed by atoms with Crippen LogP contribution in [0.4, 0.5) is 5.69 Å². The maximum Gasteiger partial charge on any atom is 0.230 e. The summed E-state index contributed by atoms with van der Waals surface area (Å²) in [6, 6.07) is 11.3. The number of aromatic amines is 1. The third-order valence-corrected chi connectivity index (χ3v) is 2.61. The third kappa shape index (κ3) is 2.97. The highest BCUT2D eigenvalue weighted by atomic mass is 79.9. The van der Waals surface area contributed by atoms with E-state index >= 15 is 0 Å². The van der Waals surface area contributed by atoms with Gasteiger partial charge in [0.1, 0.15) is 0 Å². The van der Waals surface area contributed by atoms with E-state index in [2.05, 4.69) is 26.2 Å². The highest BCUT2D eigenvalue weighted by molar-refractivity contribution is 9.10. The van der Waals surface area contributed by atoms with Gasteiger partial charge in [0, 0.05) is 22.1 Å². The van der Waals surface area contributed by atoms with E-state index in [0.29, 0.717) is 6.42 Å². The van der Waals surface area contributed by atoms with Crippen LogP contribution in [0.25, 0.3) is 0 Å². The number of anilines is 1. The van der Waals surface area contributed by atoms with Crippen molar-refractivity contribution >= 4 is 27.5 Å². The average molecular weight is 279 g/mol. The lowest BCUT2D eigenvalue weighted by molar-refractivity contribution is -0.115. The Bertz CT molecular complexity index is 480. The van der Waals surface area contributed by atoms with Crippen molar-refractivity contribution < 1.29 is 4.79 Å². The van der Waals surface area contributed by atoms with Crippen molar-refractivity contribution in [1.29, 1.82) is 0 Å². The molecular formula is C12H11BrN2O. The second-order valence-electron chi connectivity index (χ2n) is 3.43. The van der Waals surface area contributed by atoms with E-state index in [4.69, 9.17) is 0 Å². The molecule has 3 nitrogen and oxygen atoms in total. The van der Waals surface area contributed by atoms with Gasteiger partial charge in [-0.3, -0.25) is 4.79 Å². The number of amides is 1. The van der Waals surface area contributed by atoms with E-state index in [1.165, 1.54) is 0 Å². The van der Waals surface area contributed by atoms with Crippen LogP contribution in [0.5, 0.6) is 0 Å². The fourth-order valence-electron chi connectivity index (χ4n) is 1.42. The Kier molecular flexibility index (Phi) is 3.41. The molecule has 1 amide bonds. The van der Waals surface area contributed by atoms with Crippen LogP contribution in [0, 0.1) is 0 Å². The Morgan fingerprint density at radius 2 is 2.19 bits per heavy atom. The van der Waals surface area contributed by atoms with Crippen molar-refractivity contribution in [3.63, 3.8) is 0 Å². The lowest BCUT2D eigenvalue weighted by atomic mass is 10.2. The zero-order chi connectivity index (χ0) is 11.4. The number of H-pyrrole nitrogens is 1. The zero-order valence-electron chi connectivity index (χ0n) is 8.53. The monoisotopic (exact) mass is 278 g/mol. The minimum atomic E-state index is -0.0273. The maximum absolute atomic E-state index is 11.6. The summed E-state index contributed by atoms with van der Waals surface area (Å²) < 4.78 is 0.949. The summed E-state index contributed by atoms with van der Waals surface area (Å²) in [7, 11) is 0. The van der Waals surface area contributed by atoms with Crippen LogP contribution in [0.15, 0.2) is 47.1 Å². The third-order valence-electron chi connectivity index (χ3n) is 2.12. The second-order valence-corrected chi connectivity index (χ2v) is 4.35. The van der Waals surface area contributed by atoms with Crippen molar-refractivity contribution in [2.75, 3.05) is 5.32 Å². The standard InChI is InChI=1S/C12H11BrN2O/c13-9-3-1-4-11(7-9)15-12(16)8-10-5-2-6-14-10/h1-7,14H,8H2,(H,15,16). The molecule has 0 aliphatic carbocycles. The van der Waals surface area contributed by atoms with Gasteiger partial charge >= 0.3 is 0 Å². The van der Waals surface area contributed by atoms with Gasteiger partial charge in [0.15, 0.2) is 0 Å². The summed E-state index contributed by atoms with van der Waals surface area (Å²) >= 11 is 3.36. The molecule has 82 valence electrons. The van der Waals surface area contributed by atoms with Crippen LogP contribution in [0.2, 0.25) is 0 Å². The van der Waals surface area contributed by atoms with E-state index in [0.717, 1.165) is 15.9 Å². The van der Waals surface area contributed by atoms with Crippen LogP contribution in [0.1, 0.15) is 5.69 Å². The lowest BCUT2D eigenvalue weighted by Crippen LogP contribution is -2.14. The van der Waals surface area contributed by atoms with Gasteiger partial charge in [0.25, 0.3) is 0 Å². The Balaban J connectivity index is 1.97. The largest absolute Gasteiger partial charge is 0.365 e. The Hall–Kier alpha value is -1.55. The second kappa shape index (κ2) is 4.99. The molecule has 1 aromatic carbocycles. The van der Waals surface area contributed by atoms with Gasteiger partial charge in [-0.25, -0.2) is 0 Å². The predicted molar refractivity (Wildman–Crippen MR) is 67.3 cm³/mol. The topological polar surface area (TPSA) is 44.9 Å². The number of carbonyl (C=O) groups excluding carboxylic acids is 1. The number of hydrogen-bond acceptors (Lipinski definition) is 1. The molecule has 0 saturated heterocycles. The smallest absolute Gasteiger partial charge is 0.230 e. The number of carbonyl (C=O) groups is 1. The fraction of sp³-hybridized carbons (Fsp3) is 0.0833. The van der Waals surface area contributed by atoms with Gasteiger partial charge in [0.2, 0.25) is 5.91 Å². The number of hydrogen-bond donors (Lipinski definition) is 2. The molecule has 0 radical (unpaired) electrons. The zero-order valence-corrected chi connectivity index (χ0v) is 10.1. The Labute approximate surface area is 102 Å². The van der Waals surface area contributed by atoms with E-state index in [1.54, 1.807) is 0 Å². The molecule has 0 saturated carbocycles. The van der Waals surface area contributed by atoms with Gasteiger partial charge in [-0.2, -0.15) is 0 Å². The van der Waals surface area contributed by atoms with Gasteiger partial charge in [-0.05, 0) is 30.3 Å². The van der Waals surface area contributed by atoms with E-state index in [9.17, 15) is 4.79 Å². The molecule has 0 aliphatic heterocycles. The first-order valence-corrected chi connectivity index (χ1v) is 5.71. The summed E-state index contributed by atoms with van der Waals surface area (Å²) in [5.74, 6) is -0.0273. The molecule has 2 rings (SSSR count). The van der Waals surface area contributed by atoms with Crippen molar-refractivity contribution in [2.45, 2.75) is 6.42 Å². The maximum atomic E-state index is 11.6. The molecule has 1 heterocycles. The van der Waals surface area contributed by atoms with Crippen molar-refractivity contribution in [2.24, 2.45) is 0 Å². The van der Waals surface area contributed by atoms with E-state index < -0.39 is 0 Å². The number of nitrogens with one attached hydrogen (secondary N) is 2. The molecule has 0 spiro atoms. The van der Waals surface area contributed by atoms with Crippen LogP contribution in [0.3, 0.4) is 0 Å². The molecule has 1 aromatic heterocycles. The first-order valence-electron chi connectivity index (χ1n) is 4.92. The van der Waals surface area contributed by atoms with Crippen LogP contribution in [-0.2, 0) is 11.2 Å². The van der Waals surface area contributed by atoms with Gasteiger partial charge in [-0.1, -0.05) is 22.0 Å². The Morgan fingerprint density at radius 3 is 2.88 bits per heavy atom. The molecule has 4 heteroatoms. The number of aromatic nitrogens is 1. The molecule has 2 N–H and O–H groups in total. The molecule has 0 aliphatic rings.